The molecule has 3 heterocycles. The number of ether oxygens (including phenoxy) is 1. The van der Waals surface area contributed by atoms with Crippen LogP contribution in [0.1, 0.15) is 34.9 Å². The van der Waals surface area contributed by atoms with Crippen LogP contribution in [0.25, 0.3) is 11.3 Å². The third-order valence-electron chi connectivity index (χ3n) is 5.91. The van der Waals surface area contributed by atoms with Gasteiger partial charge in [0.05, 0.1) is 12.1 Å². The summed E-state index contributed by atoms with van der Waals surface area (Å²) in [5.41, 5.74) is 11.5. The molecule has 0 saturated carbocycles. The number of rotatable bonds is 6. The van der Waals surface area contributed by atoms with Crippen LogP contribution in [-0.2, 0) is 11.0 Å². The molecule has 1 aromatic carbocycles. The Kier molecular flexibility index (Phi) is 7.33. The number of piperidine rings is 1. The SMILES string of the molecule is N#CC=CC(=O)N1CCCC(n2nc(-c3ccc(Oc4cccc(C(F)(F)F)n4)cc3)c(C(N)=O)c2N)C1. The number of likely N-dealkylation sites (tertiary alicyclic amines) is 1. The number of allylic oxidation sites excluding steroid dienone is 1. The van der Waals surface area contributed by atoms with Crippen molar-refractivity contribution in [1.82, 2.24) is 19.7 Å². The smallest absolute Gasteiger partial charge is 0.433 e. The van der Waals surface area contributed by atoms with Gasteiger partial charge in [0.1, 0.15) is 28.5 Å². The fourth-order valence-corrected chi connectivity index (χ4v) is 4.17. The van der Waals surface area contributed by atoms with Crippen molar-refractivity contribution in [3.05, 3.63) is 65.9 Å². The minimum absolute atomic E-state index is 0.00559. The summed E-state index contributed by atoms with van der Waals surface area (Å²) in [6.07, 6.45) is -1.01. The number of hydrogen-bond donors (Lipinski definition) is 2. The van der Waals surface area contributed by atoms with E-state index in [4.69, 9.17) is 21.5 Å². The van der Waals surface area contributed by atoms with E-state index >= 15 is 0 Å². The van der Waals surface area contributed by atoms with Crippen LogP contribution in [-0.4, -0.2) is 44.6 Å². The molecule has 2 amide bonds. The van der Waals surface area contributed by atoms with Crippen LogP contribution in [0.4, 0.5) is 19.0 Å². The monoisotopic (exact) mass is 525 g/mol. The predicted octanol–water partition coefficient (Wildman–Crippen LogP) is 3.68. The maximum atomic E-state index is 12.9. The number of amides is 2. The van der Waals surface area contributed by atoms with E-state index in [0.29, 0.717) is 24.9 Å². The van der Waals surface area contributed by atoms with Gasteiger partial charge in [0, 0.05) is 36.9 Å². The highest BCUT2D eigenvalue weighted by molar-refractivity contribution is 6.03. The van der Waals surface area contributed by atoms with Crippen LogP contribution in [0.2, 0.25) is 0 Å². The molecule has 1 atom stereocenters. The molecule has 13 heteroatoms. The predicted molar refractivity (Wildman–Crippen MR) is 130 cm³/mol. The molecule has 1 unspecified atom stereocenters. The summed E-state index contributed by atoms with van der Waals surface area (Å²) in [6.45, 7) is 0.777. The van der Waals surface area contributed by atoms with Gasteiger partial charge in [-0.15, -0.1) is 0 Å². The summed E-state index contributed by atoms with van der Waals surface area (Å²) in [7, 11) is 0. The van der Waals surface area contributed by atoms with Crippen molar-refractivity contribution in [3.63, 3.8) is 0 Å². The maximum Gasteiger partial charge on any atom is 0.433 e. The van der Waals surface area contributed by atoms with E-state index < -0.39 is 17.8 Å². The molecule has 1 aliphatic heterocycles. The summed E-state index contributed by atoms with van der Waals surface area (Å²) in [6, 6.07) is 10.9. The fourth-order valence-electron chi connectivity index (χ4n) is 4.17. The number of primary amides is 1. The quantitative estimate of drug-likeness (QED) is 0.368. The Morgan fingerprint density at radius 1 is 1.18 bits per heavy atom. The standard InChI is InChI=1S/C25H22F3N7O3/c26-25(27,28)18-5-1-6-19(32-18)38-17-10-8-15(9-11-17)22-21(24(31)37)23(30)35(33-22)16-4-3-13-34(14-16)20(36)7-2-12-29/h1-2,5-11,16H,3-4,13-14,30H2,(H2,31,37). The Bertz CT molecular complexity index is 1430. The van der Waals surface area contributed by atoms with Crippen molar-refractivity contribution in [3.8, 4) is 29.0 Å². The minimum Gasteiger partial charge on any atom is -0.439 e. The molecule has 0 spiro atoms. The average molecular weight is 525 g/mol. The van der Waals surface area contributed by atoms with Crippen molar-refractivity contribution in [2.75, 3.05) is 18.8 Å². The molecule has 2 aromatic heterocycles. The lowest BCUT2D eigenvalue weighted by atomic mass is 10.1. The third kappa shape index (κ3) is 5.59. The van der Waals surface area contributed by atoms with Gasteiger partial charge in [-0.1, -0.05) is 6.07 Å². The van der Waals surface area contributed by atoms with Gasteiger partial charge in [0.15, 0.2) is 0 Å². The first kappa shape index (κ1) is 26.2. The number of nitrogens with zero attached hydrogens (tertiary/aromatic N) is 5. The second-order valence-corrected chi connectivity index (χ2v) is 8.45. The van der Waals surface area contributed by atoms with Gasteiger partial charge in [0.25, 0.3) is 5.91 Å². The second kappa shape index (κ2) is 10.6. The number of nitrogen functional groups attached to an aromatic ring is 1. The van der Waals surface area contributed by atoms with Gasteiger partial charge in [-0.05, 0) is 43.2 Å². The van der Waals surface area contributed by atoms with Crippen LogP contribution in [0.5, 0.6) is 11.6 Å². The highest BCUT2D eigenvalue weighted by Crippen LogP contribution is 2.34. The van der Waals surface area contributed by atoms with Crippen molar-refractivity contribution < 1.29 is 27.5 Å². The number of carbonyl (C=O) groups excluding carboxylic acids is 2. The number of nitrogens with two attached hydrogens (primary N) is 2. The molecular formula is C25H22F3N7O3. The van der Waals surface area contributed by atoms with E-state index in [1.54, 1.807) is 23.1 Å². The normalized spacial score (nSPS) is 15.8. The number of carbonyl (C=O) groups is 2. The number of anilines is 1. The fraction of sp³-hybridized carbons (Fsp3) is 0.240. The number of pyridine rings is 1. The molecule has 38 heavy (non-hydrogen) atoms. The molecule has 1 saturated heterocycles. The highest BCUT2D eigenvalue weighted by Gasteiger charge is 2.33. The van der Waals surface area contributed by atoms with Crippen LogP contribution < -0.4 is 16.2 Å². The van der Waals surface area contributed by atoms with Crippen LogP contribution in [0.3, 0.4) is 0 Å². The Balaban J connectivity index is 1.59. The third-order valence-corrected chi connectivity index (χ3v) is 5.91. The lowest BCUT2D eigenvalue weighted by Crippen LogP contribution is -2.40. The molecule has 3 aromatic rings. The first-order valence-electron chi connectivity index (χ1n) is 11.4. The molecule has 0 bridgehead atoms. The van der Waals surface area contributed by atoms with E-state index in [9.17, 15) is 22.8 Å². The number of alkyl halides is 3. The van der Waals surface area contributed by atoms with Crippen molar-refractivity contribution in [2.45, 2.75) is 25.1 Å². The van der Waals surface area contributed by atoms with E-state index in [-0.39, 0.29) is 47.2 Å². The number of nitriles is 1. The molecule has 4 N–H and O–H groups in total. The molecule has 1 aliphatic rings. The molecular weight excluding hydrogens is 503 g/mol. The van der Waals surface area contributed by atoms with E-state index in [2.05, 4.69) is 10.1 Å². The first-order valence-corrected chi connectivity index (χ1v) is 11.4. The average Bonchev–Trinajstić information content (AvgIpc) is 3.24. The summed E-state index contributed by atoms with van der Waals surface area (Å²) >= 11 is 0. The Morgan fingerprint density at radius 2 is 1.92 bits per heavy atom. The van der Waals surface area contributed by atoms with Gasteiger partial charge in [-0.3, -0.25) is 9.59 Å². The molecule has 1 fully saturated rings. The molecule has 0 aliphatic carbocycles. The van der Waals surface area contributed by atoms with Crippen molar-refractivity contribution in [2.24, 2.45) is 5.73 Å². The molecule has 196 valence electrons. The first-order chi connectivity index (χ1) is 18.1. The topological polar surface area (TPSA) is 153 Å². The van der Waals surface area contributed by atoms with Crippen LogP contribution in [0.15, 0.2) is 54.6 Å². The molecule has 10 nitrogen and oxygen atoms in total. The Hall–Kier alpha value is -4.86. The van der Waals surface area contributed by atoms with Gasteiger partial charge in [-0.2, -0.15) is 23.5 Å². The summed E-state index contributed by atoms with van der Waals surface area (Å²) < 4.78 is 45.7. The van der Waals surface area contributed by atoms with Crippen molar-refractivity contribution >= 4 is 17.6 Å². The zero-order valence-corrected chi connectivity index (χ0v) is 19.9. The number of halogens is 3. The van der Waals surface area contributed by atoms with Crippen molar-refractivity contribution in [1.29, 1.82) is 5.26 Å². The largest absolute Gasteiger partial charge is 0.439 e. The maximum absolute atomic E-state index is 12.9. The zero-order valence-electron chi connectivity index (χ0n) is 19.9. The van der Waals surface area contributed by atoms with Gasteiger partial charge >= 0.3 is 6.18 Å². The van der Waals surface area contributed by atoms with Crippen LogP contribution in [0, 0.1) is 11.3 Å². The highest BCUT2D eigenvalue weighted by atomic mass is 19.4. The summed E-state index contributed by atoms with van der Waals surface area (Å²) in [5, 5.41) is 13.2. The number of hydrogen-bond acceptors (Lipinski definition) is 7. The van der Waals surface area contributed by atoms with Gasteiger partial charge in [0.2, 0.25) is 11.8 Å². The Morgan fingerprint density at radius 3 is 2.58 bits per heavy atom. The minimum atomic E-state index is -4.61. The Labute approximate surface area is 214 Å². The van der Waals surface area contributed by atoms with Gasteiger partial charge in [-0.25, -0.2) is 9.67 Å². The van der Waals surface area contributed by atoms with Gasteiger partial charge < -0.3 is 21.1 Å². The van der Waals surface area contributed by atoms with Crippen LogP contribution >= 0.6 is 0 Å². The lowest BCUT2D eigenvalue weighted by molar-refractivity contribution is -0.141. The second-order valence-electron chi connectivity index (χ2n) is 8.45. The lowest BCUT2D eigenvalue weighted by Gasteiger charge is -2.32. The summed E-state index contributed by atoms with van der Waals surface area (Å²) in [5.74, 6) is -1.09. The van der Waals surface area contributed by atoms with E-state index in [1.165, 1.54) is 35.0 Å². The van der Waals surface area contributed by atoms with E-state index in [1.807, 2.05) is 0 Å². The number of benzene rings is 1. The number of aromatic nitrogens is 3. The van der Waals surface area contributed by atoms with E-state index in [0.717, 1.165) is 12.1 Å². The molecule has 4 rings (SSSR count). The zero-order chi connectivity index (χ0) is 27.4. The molecule has 0 radical (unpaired) electrons. The summed E-state index contributed by atoms with van der Waals surface area (Å²) in [4.78, 5) is 29.7.